The summed E-state index contributed by atoms with van der Waals surface area (Å²) in [5, 5.41) is 0.730. The molecular formula is C11H9NO3. The molecule has 1 aromatic carbocycles. The summed E-state index contributed by atoms with van der Waals surface area (Å²) in [7, 11) is 1.31. The van der Waals surface area contributed by atoms with Crippen LogP contribution in [0, 0.1) is 0 Å². The van der Waals surface area contributed by atoms with E-state index < -0.39 is 5.97 Å². The van der Waals surface area contributed by atoms with Gasteiger partial charge in [-0.25, -0.2) is 4.79 Å². The first kappa shape index (κ1) is 9.45. The van der Waals surface area contributed by atoms with Crippen LogP contribution >= 0.6 is 0 Å². The molecule has 0 aliphatic carbocycles. The van der Waals surface area contributed by atoms with Crippen molar-refractivity contribution in [3.8, 4) is 0 Å². The third kappa shape index (κ3) is 1.50. The Morgan fingerprint density at radius 1 is 1.47 bits per heavy atom. The molecule has 0 amide bonds. The molecule has 15 heavy (non-hydrogen) atoms. The number of fused-ring (bicyclic) bond motifs is 1. The first-order chi connectivity index (χ1) is 7.26. The first-order valence-electron chi connectivity index (χ1n) is 4.41. The Morgan fingerprint density at radius 3 is 2.93 bits per heavy atom. The van der Waals surface area contributed by atoms with Crippen molar-refractivity contribution in [1.82, 2.24) is 4.98 Å². The zero-order valence-corrected chi connectivity index (χ0v) is 8.11. The number of aromatic nitrogens is 1. The van der Waals surface area contributed by atoms with E-state index >= 15 is 0 Å². The number of aldehydes is 1. The summed E-state index contributed by atoms with van der Waals surface area (Å²) in [6.45, 7) is 0. The lowest BCUT2D eigenvalue weighted by Crippen LogP contribution is -2.00. The van der Waals surface area contributed by atoms with Gasteiger partial charge in [0.15, 0.2) is 6.29 Å². The van der Waals surface area contributed by atoms with E-state index in [1.807, 2.05) is 0 Å². The normalized spacial score (nSPS) is 10.2. The Labute approximate surface area is 85.9 Å². The highest BCUT2D eigenvalue weighted by Gasteiger charge is 2.10. The molecule has 0 saturated carbocycles. The summed E-state index contributed by atoms with van der Waals surface area (Å²) < 4.78 is 4.58. The molecule has 0 unspecified atom stereocenters. The molecule has 0 fully saturated rings. The third-order valence-electron chi connectivity index (χ3n) is 2.23. The highest BCUT2D eigenvalue weighted by molar-refractivity contribution is 6.01. The fourth-order valence-electron chi connectivity index (χ4n) is 1.50. The molecule has 0 saturated heterocycles. The molecule has 1 heterocycles. The van der Waals surface area contributed by atoms with E-state index in [0.717, 1.165) is 17.2 Å². The van der Waals surface area contributed by atoms with Crippen LogP contribution in [-0.4, -0.2) is 24.3 Å². The van der Waals surface area contributed by atoms with Crippen molar-refractivity contribution in [3.05, 3.63) is 35.5 Å². The van der Waals surface area contributed by atoms with Crippen LogP contribution in [0.4, 0.5) is 0 Å². The maximum atomic E-state index is 11.2. The molecule has 4 heteroatoms. The van der Waals surface area contributed by atoms with Gasteiger partial charge in [-0.3, -0.25) is 4.79 Å². The maximum Gasteiger partial charge on any atom is 0.354 e. The molecule has 1 aromatic heterocycles. The predicted molar refractivity (Wildman–Crippen MR) is 55.0 cm³/mol. The number of H-pyrrole nitrogens is 1. The molecule has 0 aliphatic heterocycles. The number of benzene rings is 1. The summed E-state index contributed by atoms with van der Waals surface area (Å²) >= 11 is 0. The molecule has 76 valence electrons. The van der Waals surface area contributed by atoms with Crippen molar-refractivity contribution >= 4 is 23.2 Å². The van der Waals surface area contributed by atoms with Gasteiger partial charge in [-0.1, -0.05) is 12.1 Å². The van der Waals surface area contributed by atoms with Crippen molar-refractivity contribution in [1.29, 1.82) is 0 Å². The minimum absolute atomic E-state index is 0.349. The molecular weight excluding hydrogens is 194 g/mol. The number of esters is 1. The van der Waals surface area contributed by atoms with Crippen molar-refractivity contribution in [2.75, 3.05) is 7.11 Å². The Kier molecular flexibility index (Phi) is 2.25. The highest BCUT2D eigenvalue weighted by atomic mass is 16.5. The monoisotopic (exact) mass is 203 g/mol. The number of hydrogen-bond acceptors (Lipinski definition) is 3. The second-order valence-electron chi connectivity index (χ2n) is 3.10. The van der Waals surface area contributed by atoms with Crippen LogP contribution in [0.5, 0.6) is 0 Å². The standard InChI is InChI=1S/C11H9NO3/c1-15-11(14)10-5-8-7(6-13)3-2-4-9(8)12-10/h2-6,12H,1H3. The average Bonchev–Trinajstić information content (AvgIpc) is 2.71. The number of carbonyl (C=O) groups is 2. The zero-order valence-electron chi connectivity index (χ0n) is 8.11. The summed E-state index contributed by atoms with van der Waals surface area (Å²) in [6, 6.07) is 6.87. The lowest BCUT2D eigenvalue weighted by atomic mass is 10.1. The van der Waals surface area contributed by atoms with Gasteiger partial charge in [0.1, 0.15) is 5.69 Å². The number of ether oxygens (including phenoxy) is 1. The molecule has 0 radical (unpaired) electrons. The largest absolute Gasteiger partial charge is 0.464 e. The molecule has 2 aromatic rings. The third-order valence-corrected chi connectivity index (χ3v) is 2.23. The van der Waals surface area contributed by atoms with Crippen LogP contribution < -0.4 is 0 Å². The molecule has 0 spiro atoms. The molecule has 1 N–H and O–H groups in total. The van der Waals surface area contributed by atoms with Gasteiger partial charge in [0.2, 0.25) is 0 Å². The van der Waals surface area contributed by atoms with E-state index in [2.05, 4.69) is 9.72 Å². The number of rotatable bonds is 2. The zero-order chi connectivity index (χ0) is 10.8. The number of nitrogens with one attached hydrogen (secondary N) is 1. The van der Waals surface area contributed by atoms with Crippen LogP contribution in [-0.2, 0) is 4.74 Å². The number of methoxy groups -OCH3 is 1. The van der Waals surface area contributed by atoms with Crippen molar-refractivity contribution in [3.63, 3.8) is 0 Å². The van der Waals surface area contributed by atoms with E-state index in [1.54, 1.807) is 24.3 Å². The minimum atomic E-state index is -0.442. The summed E-state index contributed by atoms with van der Waals surface area (Å²) in [5.74, 6) is -0.442. The fraction of sp³-hybridized carbons (Fsp3) is 0.0909. The van der Waals surface area contributed by atoms with Gasteiger partial charge in [-0.05, 0) is 12.1 Å². The molecule has 0 atom stereocenters. The number of aromatic amines is 1. The van der Waals surface area contributed by atoms with Crippen molar-refractivity contribution in [2.24, 2.45) is 0 Å². The first-order valence-corrected chi connectivity index (χ1v) is 4.41. The topological polar surface area (TPSA) is 59.2 Å². The molecule has 0 bridgehead atoms. The highest BCUT2D eigenvalue weighted by Crippen LogP contribution is 2.18. The Morgan fingerprint density at radius 2 is 2.27 bits per heavy atom. The van der Waals surface area contributed by atoms with E-state index in [1.165, 1.54) is 7.11 Å². The van der Waals surface area contributed by atoms with E-state index in [-0.39, 0.29) is 0 Å². The Hall–Kier alpha value is -2.10. The Bertz CT molecular complexity index is 528. The van der Waals surface area contributed by atoms with Crippen LogP contribution in [0.3, 0.4) is 0 Å². The van der Waals surface area contributed by atoms with Gasteiger partial charge < -0.3 is 9.72 Å². The summed E-state index contributed by atoms with van der Waals surface area (Å²) in [4.78, 5) is 24.9. The van der Waals surface area contributed by atoms with Crippen LogP contribution in [0.25, 0.3) is 10.9 Å². The van der Waals surface area contributed by atoms with Gasteiger partial charge >= 0.3 is 5.97 Å². The number of hydrogen-bond donors (Lipinski definition) is 1. The Balaban J connectivity index is 2.65. The lowest BCUT2D eigenvalue weighted by Gasteiger charge is -1.92. The number of carbonyl (C=O) groups excluding carboxylic acids is 2. The lowest BCUT2D eigenvalue weighted by molar-refractivity contribution is 0.0595. The molecule has 0 aliphatic rings. The smallest absolute Gasteiger partial charge is 0.354 e. The van der Waals surface area contributed by atoms with Gasteiger partial charge in [0.25, 0.3) is 0 Å². The SMILES string of the molecule is COC(=O)c1cc2c(C=O)cccc2[nH]1. The van der Waals surface area contributed by atoms with Crippen LogP contribution in [0.1, 0.15) is 20.8 Å². The second kappa shape index (κ2) is 3.57. The molecule has 4 nitrogen and oxygen atoms in total. The maximum absolute atomic E-state index is 11.2. The summed E-state index contributed by atoms with van der Waals surface area (Å²) in [5.41, 5.74) is 1.65. The van der Waals surface area contributed by atoms with Crippen LogP contribution in [0.15, 0.2) is 24.3 Å². The average molecular weight is 203 g/mol. The van der Waals surface area contributed by atoms with Gasteiger partial charge in [-0.15, -0.1) is 0 Å². The van der Waals surface area contributed by atoms with Gasteiger partial charge in [0, 0.05) is 16.5 Å². The van der Waals surface area contributed by atoms with E-state index in [4.69, 9.17) is 0 Å². The van der Waals surface area contributed by atoms with Crippen molar-refractivity contribution in [2.45, 2.75) is 0 Å². The van der Waals surface area contributed by atoms with Crippen LogP contribution in [0.2, 0.25) is 0 Å². The van der Waals surface area contributed by atoms with E-state index in [0.29, 0.717) is 11.3 Å². The van der Waals surface area contributed by atoms with Gasteiger partial charge in [0.05, 0.1) is 7.11 Å². The van der Waals surface area contributed by atoms with Gasteiger partial charge in [-0.2, -0.15) is 0 Å². The van der Waals surface area contributed by atoms with Crippen molar-refractivity contribution < 1.29 is 14.3 Å². The predicted octanol–water partition coefficient (Wildman–Crippen LogP) is 1.77. The summed E-state index contributed by atoms with van der Waals surface area (Å²) in [6.07, 6.45) is 0.761. The minimum Gasteiger partial charge on any atom is -0.464 e. The second-order valence-corrected chi connectivity index (χ2v) is 3.10. The quantitative estimate of drug-likeness (QED) is 0.597. The van der Waals surface area contributed by atoms with E-state index in [9.17, 15) is 9.59 Å². The molecule has 2 rings (SSSR count). The fourth-order valence-corrected chi connectivity index (χ4v) is 1.50.